The highest BCUT2D eigenvalue weighted by Crippen LogP contribution is 2.22. The first-order chi connectivity index (χ1) is 11.5. The zero-order chi connectivity index (χ0) is 17.1. The molecule has 0 spiro atoms. The lowest BCUT2D eigenvalue weighted by atomic mass is 10.1. The van der Waals surface area contributed by atoms with Gasteiger partial charge in [0.05, 0.1) is 0 Å². The van der Waals surface area contributed by atoms with Crippen molar-refractivity contribution in [2.75, 3.05) is 0 Å². The summed E-state index contributed by atoms with van der Waals surface area (Å²) >= 11 is 6.00. The molecule has 0 fully saturated rings. The second-order valence-electron chi connectivity index (χ2n) is 6.10. The van der Waals surface area contributed by atoms with E-state index in [-0.39, 0.29) is 5.91 Å². The number of nitrogens with one attached hydrogen (secondary N) is 2. The predicted octanol–water partition coefficient (Wildman–Crippen LogP) is 3.34. The molecule has 2 aromatic carbocycles. The molecule has 0 saturated carbocycles. The number of rotatable bonds is 5. The molecule has 5 heteroatoms. The summed E-state index contributed by atoms with van der Waals surface area (Å²) in [5.41, 5.74) is 4.66. The molecule has 1 aliphatic heterocycles. The number of aryl methyl sites for hydroxylation is 1. The minimum absolute atomic E-state index is 0.138. The number of benzene rings is 2. The van der Waals surface area contributed by atoms with Gasteiger partial charge in [-0.25, -0.2) is 0 Å². The van der Waals surface area contributed by atoms with Crippen molar-refractivity contribution >= 4 is 17.5 Å². The van der Waals surface area contributed by atoms with Crippen LogP contribution >= 0.6 is 11.6 Å². The summed E-state index contributed by atoms with van der Waals surface area (Å²) in [6.07, 6.45) is -0.568. The number of carbonyl (C=O) groups excluding carboxylic acids is 1. The van der Waals surface area contributed by atoms with Gasteiger partial charge in [0.1, 0.15) is 5.75 Å². The SMILES string of the molecule is Cc1cc(OC(C)C(=O)NCc2ccc3c(c2)CNC3)ccc1Cl. The van der Waals surface area contributed by atoms with Crippen LogP contribution < -0.4 is 15.4 Å². The van der Waals surface area contributed by atoms with E-state index in [1.54, 1.807) is 19.1 Å². The molecule has 0 radical (unpaired) electrons. The average Bonchev–Trinajstić information content (AvgIpc) is 3.03. The number of fused-ring (bicyclic) bond motifs is 1. The Labute approximate surface area is 147 Å². The second-order valence-corrected chi connectivity index (χ2v) is 6.50. The zero-order valence-corrected chi connectivity index (χ0v) is 14.6. The Morgan fingerprint density at radius 1 is 1.25 bits per heavy atom. The molecule has 0 bridgehead atoms. The summed E-state index contributed by atoms with van der Waals surface area (Å²) in [6.45, 7) is 5.97. The molecule has 24 heavy (non-hydrogen) atoms. The molecule has 1 heterocycles. The lowest BCUT2D eigenvalue weighted by Gasteiger charge is -2.15. The molecule has 3 rings (SSSR count). The number of carbonyl (C=O) groups is 1. The van der Waals surface area contributed by atoms with Crippen LogP contribution in [0.15, 0.2) is 36.4 Å². The normalized spacial score (nSPS) is 14.1. The van der Waals surface area contributed by atoms with Crippen LogP contribution in [0.5, 0.6) is 5.75 Å². The third-order valence-corrected chi connectivity index (χ3v) is 4.60. The van der Waals surface area contributed by atoms with Crippen molar-refractivity contribution in [2.24, 2.45) is 0 Å². The Kier molecular flexibility index (Phi) is 5.07. The number of hydrogen-bond acceptors (Lipinski definition) is 3. The molecular formula is C19H21ClN2O2. The van der Waals surface area contributed by atoms with Crippen molar-refractivity contribution in [1.29, 1.82) is 0 Å². The first-order valence-corrected chi connectivity index (χ1v) is 8.42. The largest absolute Gasteiger partial charge is 0.481 e. The smallest absolute Gasteiger partial charge is 0.261 e. The molecule has 0 aliphatic carbocycles. The maximum absolute atomic E-state index is 12.2. The van der Waals surface area contributed by atoms with Gasteiger partial charge in [-0.05, 0) is 54.3 Å². The highest BCUT2D eigenvalue weighted by atomic mass is 35.5. The maximum atomic E-state index is 12.2. The summed E-state index contributed by atoms with van der Waals surface area (Å²) < 4.78 is 5.69. The Bertz CT molecular complexity index is 761. The zero-order valence-electron chi connectivity index (χ0n) is 13.9. The van der Waals surface area contributed by atoms with E-state index in [4.69, 9.17) is 16.3 Å². The van der Waals surface area contributed by atoms with Crippen LogP contribution in [0.4, 0.5) is 0 Å². The summed E-state index contributed by atoms with van der Waals surface area (Å²) in [5.74, 6) is 0.504. The standard InChI is InChI=1S/C19H21ClN2O2/c1-12-7-17(5-6-18(12)20)24-13(2)19(23)22-9-14-3-4-15-10-21-11-16(15)8-14/h3-8,13,21H,9-11H2,1-2H3,(H,22,23). The van der Waals surface area contributed by atoms with Crippen LogP contribution in [0.2, 0.25) is 5.02 Å². The molecule has 2 aromatic rings. The fourth-order valence-electron chi connectivity index (χ4n) is 2.74. The molecule has 1 aliphatic rings. The molecule has 126 valence electrons. The fraction of sp³-hybridized carbons (Fsp3) is 0.316. The van der Waals surface area contributed by atoms with E-state index < -0.39 is 6.10 Å². The van der Waals surface area contributed by atoms with Crippen LogP contribution in [0.3, 0.4) is 0 Å². The van der Waals surface area contributed by atoms with Crippen molar-refractivity contribution < 1.29 is 9.53 Å². The average molecular weight is 345 g/mol. The minimum atomic E-state index is -0.568. The van der Waals surface area contributed by atoms with Crippen LogP contribution in [-0.2, 0) is 24.4 Å². The third kappa shape index (κ3) is 3.89. The first-order valence-electron chi connectivity index (χ1n) is 8.05. The van der Waals surface area contributed by atoms with E-state index in [9.17, 15) is 4.79 Å². The number of amides is 1. The molecule has 4 nitrogen and oxygen atoms in total. The van der Waals surface area contributed by atoms with Gasteiger partial charge in [0, 0.05) is 24.7 Å². The summed E-state index contributed by atoms with van der Waals surface area (Å²) in [6, 6.07) is 11.7. The summed E-state index contributed by atoms with van der Waals surface area (Å²) in [4.78, 5) is 12.2. The van der Waals surface area contributed by atoms with E-state index in [1.165, 1.54) is 11.1 Å². The Hall–Kier alpha value is -2.04. The van der Waals surface area contributed by atoms with Gasteiger partial charge < -0.3 is 15.4 Å². The van der Waals surface area contributed by atoms with Crippen molar-refractivity contribution in [3.05, 3.63) is 63.7 Å². The topological polar surface area (TPSA) is 50.4 Å². The molecule has 1 unspecified atom stereocenters. The third-order valence-electron chi connectivity index (χ3n) is 4.18. The molecule has 1 atom stereocenters. The fourth-order valence-corrected chi connectivity index (χ4v) is 2.86. The van der Waals surface area contributed by atoms with Crippen molar-refractivity contribution in [2.45, 2.75) is 39.6 Å². The highest BCUT2D eigenvalue weighted by Gasteiger charge is 2.15. The van der Waals surface area contributed by atoms with E-state index in [1.807, 2.05) is 13.0 Å². The Morgan fingerprint density at radius 2 is 2.04 bits per heavy atom. The van der Waals surface area contributed by atoms with E-state index in [0.29, 0.717) is 17.3 Å². The first kappa shape index (κ1) is 16.8. The quantitative estimate of drug-likeness (QED) is 0.874. The van der Waals surface area contributed by atoms with Gasteiger partial charge >= 0.3 is 0 Å². The van der Waals surface area contributed by atoms with Crippen molar-refractivity contribution in [3.8, 4) is 5.75 Å². The van der Waals surface area contributed by atoms with Crippen molar-refractivity contribution in [1.82, 2.24) is 10.6 Å². The Balaban J connectivity index is 1.55. The van der Waals surface area contributed by atoms with Crippen LogP contribution in [0.1, 0.15) is 29.2 Å². The molecule has 1 amide bonds. The maximum Gasteiger partial charge on any atom is 0.261 e. The van der Waals surface area contributed by atoms with Gasteiger partial charge in [0.25, 0.3) is 5.91 Å². The summed E-state index contributed by atoms with van der Waals surface area (Å²) in [7, 11) is 0. The van der Waals surface area contributed by atoms with Gasteiger partial charge in [-0.3, -0.25) is 4.79 Å². The van der Waals surface area contributed by atoms with Gasteiger partial charge in [0.15, 0.2) is 6.10 Å². The lowest BCUT2D eigenvalue weighted by molar-refractivity contribution is -0.127. The summed E-state index contributed by atoms with van der Waals surface area (Å²) in [5, 5.41) is 6.93. The minimum Gasteiger partial charge on any atom is -0.481 e. The molecular weight excluding hydrogens is 324 g/mol. The van der Waals surface area contributed by atoms with Crippen LogP contribution in [-0.4, -0.2) is 12.0 Å². The molecule has 0 aromatic heterocycles. The molecule has 0 saturated heterocycles. The molecule has 2 N–H and O–H groups in total. The van der Waals surface area contributed by atoms with Gasteiger partial charge in [-0.15, -0.1) is 0 Å². The van der Waals surface area contributed by atoms with Gasteiger partial charge in [-0.1, -0.05) is 29.8 Å². The van der Waals surface area contributed by atoms with Gasteiger partial charge in [0.2, 0.25) is 0 Å². The Morgan fingerprint density at radius 3 is 2.83 bits per heavy atom. The number of ether oxygens (including phenoxy) is 1. The highest BCUT2D eigenvalue weighted by molar-refractivity contribution is 6.31. The van der Waals surface area contributed by atoms with E-state index >= 15 is 0 Å². The lowest BCUT2D eigenvalue weighted by Crippen LogP contribution is -2.35. The van der Waals surface area contributed by atoms with Crippen LogP contribution in [0.25, 0.3) is 0 Å². The monoisotopic (exact) mass is 344 g/mol. The van der Waals surface area contributed by atoms with Gasteiger partial charge in [-0.2, -0.15) is 0 Å². The van der Waals surface area contributed by atoms with Crippen molar-refractivity contribution in [3.63, 3.8) is 0 Å². The van der Waals surface area contributed by atoms with E-state index in [0.717, 1.165) is 24.2 Å². The predicted molar refractivity (Wildman–Crippen MR) is 95.1 cm³/mol. The number of hydrogen-bond donors (Lipinski definition) is 2. The van der Waals surface area contributed by atoms with Crippen LogP contribution in [0, 0.1) is 6.92 Å². The number of halogens is 1. The second kappa shape index (κ2) is 7.24. The van der Waals surface area contributed by atoms with E-state index in [2.05, 4.69) is 28.8 Å².